The van der Waals surface area contributed by atoms with Gasteiger partial charge in [-0.25, -0.2) is 0 Å². The first-order chi connectivity index (χ1) is 28.8. The summed E-state index contributed by atoms with van der Waals surface area (Å²) in [5.41, 5.74) is 5.76. The van der Waals surface area contributed by atoms with Gasteiger partial charge in [-0.2, -0.15) is 0 Å². The Hall–Kier alpha value is -8.44. The van der Waals surface area contributed by atoms with E-state index in [9.17, 15) is 51.1 Å². The van der Waals surface area contributed by atoms with E-state index in [0.717, 1.165) is 54.7 Å². The number of benzene rings is 7. The van der Waals surface area contributed by atoms with E-state index in [1.165, 1.54) is 0 Å². The highest BCUT2D eigenvalue weighted by Crippen LogP contribution is 2.56. The van der Waals surface area contributed by atoms with Crippen LogP contribution < -0.4 is 0 Å². The van der Waals surface area contributed by atoms with Crippen molar-refractivity contribution in [2.75, 3.05) is 0 Å². The van der Waals surface area contributed by atoms with E-state index in [2.05, 4.69) is 6.07 Å². The standard InChI is InChI=1S/C49H34O11/c1-23-7-3-2-4-8-30(31-9-5-6-10-32(31)37(23)24-11-13-25(14-12-24)38-40(50)44(54)48(58)45(55)41(38)51)27-17-18-35-33(20-27)34-21-29-19-28(16-15-26(29)22-36(34)60-35)39-42(52)46(56)49(59)47(57)43(39)53/h2-22,50-59H,1H3. The molecule has 9 rings (SSSR count). The van der Waals surface area contributed by atoms with Crippen LogP contribution in [0.1, 0.15) is 5.56 Å². The first kappa shape index (κ1) is 37.2. The van der Waals surface area contributed by atoms with Crippen molar-refractivity contribution >= 4 is 43.5 Å². The molecule has 296 valence electrons. The third-order valence-electron chi connectivity index (χ3n) is 10.9. The van der Waals surface area contributed by atoms with Crippen LogP contribution in [0, 0.1) is 6.92 Å². The maximum absolute atomic E-state index is 10.6. The van der Waals surface area contributed by atoms with E-state index < -0.39 is 57.5 Å². The first-order valence-electron chi connectivity index (χ1n) is 18.6. The van der Waals surface area contributed by atoms with Crippen molar-refractivity contribution in [2.24, 2.45) is 0 Å². The molecule has 0 aliphatic heterocycles. The van der Waals surface area contributed by atoms with Gasteiger partial charge in [0.15, 0.2) is 23.0 Å². The zero-order chi connectivity index (χ0) is 42.1. The van der Waals surface area contributed by atoms with Crippen molar-refractivity contribution in [3.63, 3.8) is 0 Å². The third-order valence-corrected chi connectivity index (χ3v) is 10.9. The van der Waals surface area contributed by atoms with Gasteiger partial charge in [0.25, 0.3) is 0 Å². The molecule has 0 unspecified atom stereocenters. The fraction of sp³-hybridized carbons (Fsp3) is 0.0204. The molecule has 0 fully saturated rings. The van der Waals surface area contributed by atoms with Crippen molar-refractivity contribution in [2.45, 2.75) is 6.92 Å². The Bertz CT molecular complexity index is 3270. The van der Waals surface area contributed by atoms with Crippen molar-refractivity contribution < 1.29 is 55.5 Å². The number of hydrogen-bond donors (Lipinski definition) is 10. The monoisotopic (exact) mass is 798 g/mol. The molecule has 0 saturated carbocycles. The number of aromatic hydroxyl groups is 10. The number of phenolic OH excluding ortho intramolecular Hbond substituents is 10. The van der Waals surface area contributed by atoms with Gasteiger partial charge >= 0.3 is 0 Å². The average Bonchev–Trinajstić information content (AvgIpc) is 3.61. The molecule has 1 aromatic heterocycles. The third kappa shape index (κ3) is 5.75. The summed E-state index contributed by atoms with van der Waals surface area (Å²) in [6.07, 6.45) is 0. The first-order valence-corrected chi connectivity index (χ1v) is 18.6. The number of phenols is 10. The summed E-state index contributed by atoms with van der Waals surface area (Å²) < 4.78 is 6.32. The van der Waals surface area contributed by atoms with Gasteiger partial charge in [0.05, 0.1) is 11.1 Å². The van der Waals surface area contributed by atoms with Crippen LogP contribution in [0.4, 0.5) is 0 Å². The van der Waals surface area contributed by atoms with Crippen LogP contribution in [0.15, 0.2) is 132 Å². The van der Waals surface area contributed by atoms with Gasteiger partial charge in [-0.3, -0.25) is 0 Å². The number of furan rings is 1. The average molecular weight is 799 g/mol. The lowest BCUT2D eigenvalue weighted by molar-refractivity contribution is 0.330. The maximum atomic E-state index is 10.6. The molecule has 1 heterocycles. The van der Waals surface area contributed by atoms with E-state index in [0.29, 0.717) is 16.6 Å². The second-order valence-electron chi connectivity index (χ2n) is 14.5. The minimum absolute atomic E-state index is 0.242. The summed E-state index contributed by atoms with van der Waals surface area (Å²) in [5, 5.41) is 108. The van der Waals surface area contributed by atoms with Crippen LogP contribution in [0.25, 0.3) is 88.0 Å². The van der Waals surface area contributed by atoms with Gasteiger partial charge in [0, 0.05) is 10.8 Å². The van der Waals surface area contributed by atoms with Crippen LogP contribution in [0.3, 0.4) is 0 Å². The molecular weight excluding hydrogens is 765 g/mol. The van der Waals surface area contributed by atoms with Gasteiger partial charge in [-0.15, -0.1) is 0 Å². The van der Waals surface area contributed by atoms with Crippen molar-refractivity contribution in [1.82, 2.24) is 0 Å². The number of fused-ring (bicyclic) bond motifs is 5. The predicted molar refractivity (Wildman–Crippen MR) is 229 cm³/mol. The predicted octanol–water partition coefficient (Wildman–Crippen LogP) is 11.0. The van der Waals surface area contributed by atoms with E-state index >= 15 is 0 Å². The highest BCUT2D eigenvalue weighted by molar-refractivity contribution is 6.13. The summed E-state index contributed by atoms with van der Waals surface area (Å²) >= 11 is 0. The zero-order valence-electron chi connectivity index (χ0n) is 31.5. The maximum Gasteiger partial charge on any atom is 0.208 e. The summed E-state index contributed by atoms with van der Waals surface area (Å²) in [6.45, 7) is 2.00. The van der Waals surface area contributed by atoms with Crippen LogP contribution in [-0.2, 0) is 0 Å². The summed E-state index contributed by atoms with van der Waals surface area (Å²) in [4.78, 5) is 0. The highest BCUT2D eigenvalue weighted by atomic mass is 16.4. The summed E-state index contributed by atoms with van der Waals surface area (Å²) in [5.74, 6) is -9.03. The Morgan fingerprint density at radius 3 is 1.43 bits per heavy atom. The SMILES string of the molecule is Cc1cccccc(-c2ccc3oc4cc5ccc(-c6c(O)c(O)c(O)c(O)c6O)cc5cc4c3c2)c2ccccc2c1-c1ccc(-c2c(O)c(O)c(O)c(O)c2O)cc1. The van der Waals surface area contributed by atoms with Gasteiger partial charge in [-0.05, 0) is 97.7 Å². The Kier molecular flexibility index (Phi) is 8.60. The zero-order valence-corrected chi connectivity index (χ0v) is 31.5. The van der Waals surface area contributed by atoms with E-state index in [-0.39, 0.29) is 22.3 Å². The van der Waals surface area contributed by atoms with E-state index in [1.807, 2.05) is 85.8 Å². The molecule has 0 aliphatic rings. The summed E-state index contributed by atoms with van der Waals surface area (Å²) in [6, 6.07) is 39.5. The molecule has 0 spiro atoms. The Morgan fingerprint density at radius 2 is 0.800 bits per heavy atom. The van der Waals surface area contributed by atoms with Crippen LogP contribution >= 0.6 is 0 Å². The molecule has 9 aromatic rings. The molecule has 0 saturated heterocycles. The van der Waals surface area contributed by atoms with Gasteiger partial charge < -0.3 is 55.5 Å². The normalized spacial score (nSPS) is 11.4. The molecule has 0 aliphatic carbocycles. The molecule has 8 aromatic carbocycles. The molecular formula is C49H34O11. The lowest BCUT2D eigenvalue weighted by atomic mass is 9.91. The van der Waals surface area contributed by atoms with Crippen molar-refractivity contribution in [1.29, 1.82) is 0 Å². The topological polar surface area (TPSA) is 215 Å². The number of rotatable bonds is 4. The molecule has 0 amide bonds. The fourth-order valence-electron chi connectivity index (χ4n) is 7.94. The van der Waals surface area contributed by atoms with Gasteiger partial charge in [-0.1, -0.05) is 97.1 Å². The van der Waals surface area contributed by atoms with Crippen molar-refractivity contribution in [3.8, 4) is 102 Å². The molecule has 10 N–H and O–H groups in total. The summed E-state index contributed by atoms with van der Waals surface area (Å²) in [7, 11) is 0. The van der Waals surface area contributed by atoms with Crippen LogP contribution in [0.2, 0.25) is 0 Å². The smallest absolute Gasteiger partial charge is 0.208 e. The molecule has 0 radical (unpaired) electrons. The van der Waals surface area contributed by atoms with E-state index in [4.69, 9.17) is 4.42 Å². The largest absolute Gasteiger partial charge is 0.504 e. The molecule has 60 heavy (non-hydrogen) atoms. The molecule has 11 nitrogen and oxygen atoms in total. The molecule has 0 atom stereocenters. The highest BCUT2D eigenvalue weighted by Gasteiger charge is 2.26. The lowest BCUT2D eigenvalue weighted by Gasteiger charge is -2.14. The van der Waals surface area contributed by atoms with Crippen LogP contribution in [0.5, 0.6) is 57.5 Å². The second kappa shape index (κ2) is 13.9. The van der Waals surface area contributed by atoms with Gasteiger partial charge in [0.1, 0.15) is 11.2 Å². The minimum Gasteiger partial charge on any atom is -0.504 e. The Balaban J connectivity index is 1.21. The van der Waals surface area contributed by atoms with Crippen molar-refractivity contribution in [3.05, 3.63) is 133 Å². The molecule has 0 bridgehead atoms. The van der Waals surface area contributed by atoms with E-state index in [1.54, 1.807) is 42.5 Å². The second-order valence-corrected chi connectivity index (χ2v) is 14.5. The fourth-order valence-corrected chi connectivity index (χ4v) is 7.94. The molecule has 11 heteroatoms. The van der Waals surface area contributed by atoms with Crippen LogP contribution in [-0.4, -0.2) is 51.1 Å². The van der Waals surface area contributed by atoms with Gasteiger partial charge in [0.2, 0.25) is 34.5 Å². The Morgan fingerprint density at radius 1 is 0.317 bits per heavy atom. The Labute approximate surface area is 340 Å². The quantitative estimate of drug-likeness (QED) is 0.0597. The lowest BCUT2D eigenvalue weighted by Crippen LogP contribution is -1.88. The number of aryl methyl sites for hydroxylation is 1. The number of hydrogen-bond acceptors (Lipinski definition) is 11. The minimum atomic E-state index is -1.03.